The fraction of sp³-hybridized carbons (Fsp3) is 0.784. The lowest BCUT2D eigenvalue weighted by Gasteiger charge is -2.18. The highest BCUT2D eigenvalue weighted by Gasteiger charge is 2.19. The first-order valence-corrected chi connectivity index (χ1v) is 24.1. The molecule has 0 saturated carbocycles. The maximum Gasteiger partial charge on any atom is 0.306 e. The molecule has 0 saturated heterocycles. The van der Waals surface area contributed by atoms with Crippen LogP contribution in [-0.2, 0) is 28.6 Å². The van der Waals surface area contributed by atoms with Gasteiger partial charge < -0.3 is 14.2 Å². The van der Waals surface area contributed by atoms with E-state index < -0.39 is 6.10 Å². The largest absolute Gasteiger partial charge is 0.462 e. The van der Waals surface area contributed by atoms with Crippen molar-refractivity contribution in [1.82, 2.24) is 0 Å². The van der Waals surface area contributed by atoms with Crippen LogP contribution in [-0.4, -0.2) is 37.2 Å². The number of ether oxygens (including phenoxy) is 3. The normalized spacial score (nSPS) is 12.4. The SMILES string of the molecule is CC/C=C\C/C=C\C/C=C\CCCCCCCCCC(=O)OCC(COC(=O)CCCCCCCCC)OC(=O)CCCCCCC/C=C\CCCCCCCC. The van der Waals surface area contributed by atoms with Gasteiger partial charge in [-0.15, -0.1) is 0 Å². The minimum Gasteiger partial charge on any atom is -0.462 e. The van der Waals surface area contributed by atoms with E-state index in [1.807, 2.05) is 0 Å². The van der Waals surface area contributed by atoms with Crippen LogP contribution in [0.4, 0.5) is 0 Å². The molecule has 0 spiro atoms. The van der Waals surface area contributed by atoms with Crippen LogP contribution in [0.2, 0.25) is 0 Å². The molecule has 0 aliphatic carbocycles. The van der Waals surface area contributed by atoms with E-state index in [-0.39, 0.29) is 31.1 Å². The Labute approximate surface area is 352 Å². The third kappa shape index (κ3) is 44.3. The number of allylic oxidation sites excluding steroid dienone is 8. The molecule has 1 unspecified atom stereocenters. The molecule has 0 radical (unpaired) electrons. The molecule has 0 aromatic carbocycles. The van der Waals surface area contributed by atoms with Crippen LogP contribution < -0.4 is 0 Å². The van der Waals surface area contributed by atoms with E-state index in [4.69, 9.17) is 14.2 Å². The quantitative estimate of drug-likeness (QED) is 0.0265. The van der Waals surface area contributed by atoms with Crippen LogP contribution in [0.1, 0.15) is 239 Å². The van der Waals surface area contributed by atoms with E-state index in [0.717, 1.165) is 96.3 Å². The van der Waals surface area contributed by atoms with E-state index in [0.29, 0.717) is 19.3 Å². The Kier molecular flexibility index (Phi) is 43.9. The third-order valence-corrected chi connectivity index (χ3v) is 10.3. The Balaban J connectivity index is 4.30. The molecule has 0 amide bonds. The highest BCUT2D eigenvalue weighted by atomic mass is 16.6. The van der Waals surface area contributed by atoms with Gasteiger partial charge in [0.25, 0.3) is 0 Å². The van der Waals surface area contributed by atoms with Gasteiger partial charge in [0.15, 0.2) is 6.10 Å². The predicted molar refractivity (Wildman–Crippen MR) is 242 cm³/mol. The molecule has 57 heavy (non-hydrogen) atoms. The Morgan fingerprint density at radius 3 is 1.09 bits per heavy atom. The summed E-state index contributed by atoms with van der Waals surface area (Å²) in [6, 6.07) is 0. The van der Waals surface area contributed by atoms with Crippen molar-refractivity contribution in [3.05, 3.63) is 48.6 Å². The fourth-order valence-electron chi connectivity index (χ4n) is 6.69. The van der Waals surface area contributed by atoms with Crippen LogP contribution in [0, 0.1) is 0 Å². The van der Waals surface area contributed by atoms with Crippen molar-refractivity contribution in [3.63, 3.8) is 0 Å². The lowest BCUT2D eigenvalue weighted by Crippen LogP contribution is -2.30. The first kappa shape index (κ1) is 54.4. The van der Waals surface area contributed by atoms with Crippen molar-refractivity contribution in [3.8, 4) is 0 Å². The molecule has 0 N–H and O–H groups in total. The number of carbonyl (C=O) groups is 3. The first-order valence-electron chi connectivity index (χ1n) is 24.1. The van der Waals surface area contributed by atoms with Crippen LogP contribution in [0.3, 0.4) is 0 Å². The van der Waals surface area contributed by atoms with Gasteiger partial charge in [-0.25, -0.2) is 0 Å². The Bertz CT molecular complexity index is 1010. The smallest absolute Gasteiger partial charge is 0.306 e. The molecule has 0 heterocycles. The highest BCUT2D eigenvalue weighted by Crippen LogP contribution is 2.14. The number of hydrogen-bond donors (Lipinski definition) is 0. The number of rotatable bonds is 43. The van der Waals surface area contributed by atoms with Crippen molar-refractivity contribution < 1.29 is 28.6 Å². The maximum absolute atomic E-state index is 12.7. The first-order chi connectivity index (χ1) is 28.0. The second-order valence-corrected chi connectivity index (χ2v) is 16.0. The maximum atomic E-state index is 12.7. The molecule has 0 rings (SSSR count). The van der Waals surface area contributed by atoms with Gasteiger partial charge in [-0.2, -0.15) is 0 Å². The summed E-state index contributed by atoms with van der Waals surface area (Å²) in [6.45, 7) is 6.46. The number of carbonyl (C=O) groups excluding carboxylic acids is 3. The van der Waals surface area contributed by atoms with Gasteiger partial charge >= 0.3 is 17.9 Å². The Morgan fingerprint density at radius 1 is 0.368 bits per heavy atom. The molecule has 0 fully saturated rings. The van der Waals surface area contributed by atoms with Gasteiger partial charge in [-0.3, -0.25) is 14.4 Å². The third-order valence-electron chi connectivity index (χ3n) is 10.3. The summed E-state index contributed by atoms with van der Waals surface area (Å²) in [5.41, 5.74) is 0. The number of hydrogen-bond acceptors (Lipinski definition) is 6. The van der Waals surface area contributed by atoms with Crippen molar-refractivity contribution in [2.24, 2.45) is 0 Å². The molecule has 6 heteroatoms. The van der Waals surface area contributed by atoms with Crippen molar-refractivity contribution in [2.45, 2.75) is 245 Å². The van der Waals surface area contributed by atoms with Crippen molar-refractivity contribution >= 4 is 17.9 Å². The predicted octanol–water partition coefficient (Wildman–Crippen LogP) is 15.5. The number of unbranched alkanes of at least 4 members (excludes halogenated alkanes) is 24. The summed E-state index contributed by atoms with van der Waals surface area (Å²) >= 11 is 0. The molecule has 0 aliphatic rings. The number of esters is 3. The van der Waals surface area contributed by atoms with Crippen molar-refractivity contribution in [1.29, 1.82) is 0 Å². The van der Waals surface area contributed by atoms with Gasteiger partial charge in [-0.05, 0) is 77.0 Å². The lowest BCUT2D eigenvalue weighted by molar-refractivity contribution is -0.167. The van der Waals surface area contributed by atoms with Gasteiger partial charge in [0.05, 0.1) is 0 Å². The molecule has 1 atom stereocenters. The summed E-state index contributed by atoms with van der Waals surface area (Å²) < 4.78 is 16.7. The second kappa shape index (κ2) is 46.1. The highest BCUT2D eigenvalue weighted by molar-refractivity contribution is 5.71. The van der Waals surface area contributed by atoms with Crippen molar-refractivity contribution in [2.75, 3.05) is 13.2 Å². The molecule has 6 nitrogen and oxygen atoms in total. The minimum atomic E-state index is -0.776. The summed E-state index contributed by atoms with van der Waals surface area (Å²) in [7, 11) is 0. The van der Waals surface area contributed by atoms with Crippen LogP contribution in [0.25, 0.3) is 0 Å². The zero-order chi connectivity index (χ0) is 41.5. The van der Waals surface area contributed by atoms with E-state index >= 15 is 0 Å². The summed E-state index contributed by atoms with van der Waals surface area (Å²) in [5.74, 6) is -0.901. The summed E-state index contributed by atoms with van der Waals surface area (Å²) in [5, 5.41) is 0. The second-order valence-electron chi connectivity index (χ2n) is 16.0. The van der Waals surface area contributed by atoms with Gasteiger partial charge in [-0.1, -0.05) is 191 Å². The van der Waals surface area contributed by atoms with Gasteiger partial charge in [0.1, 0.15) is 13.2 Å². The fourth-order valence-corrected chi connectivity index (χ4v) is 6.69. The Hall–Kier alpha value is -2.63. The summed E-state index contributed by atoms with van der Waals surface area (Å²) in [6.07, 6.45) is 53.9. The van der Waals surface area contributed by atoms with Crippen LogP contribution >= 0.6 is 0 Å². The van der Waals surface area contributed by atoms with Crippen LogP contribution in [0.5, 0.6) is 0 Å². The van der Waals surface area contributed by atoms with Crippen LogP contribution in [0.15, 0.2) is 48.6 Å². The molecule has 0 aromatic heterocycles. The average molecular weight is 799 g/mol. The molecule has 0 aromatic rings. The molecular weight excluding hydrogens is 709 g/mol. The standard InChI is InChI=1S/C51H90O6/c1-4-7-10-13-16-18-20-22-24-25-27-28-30-32-35-38-41-44-50(53)56-47-48(46-55-49(52)43-40-37-34-15-12-9-6-3)57-51(54)45-42-39-36-33-31-29-26-23-21-19-17-14-11-8-5-2/h7,10,16,18,22-24,26,48H,4-6,8-9,11-15,17,19-21,25,27-47H2,1-3H3/b10-7-,18-16-,24-22-,26-23-. The molecular formula is C51H90O6. The molecule has 0 aliphatic heterocycles. The lowest BCUT2D eigenvalue weighted by atomic mass is 10.1. The topological polar surface area (TPSA) is 78.9 Å². The molecule has 0 bridgehead atoms. The average Bonchev–Trinajstić information content (AvgIpc) is 3.21. The van der Waals surface area contributed by atoms with E-state index in [9.17, 15) is 14.4 Å². The van der Waals surface area contributed by atoms with E-state index in [1.54, 1.807) is 0 Å². The van der Waals surface area contributed by atoms with Gasteiger partial charge in [0.2, 0.25) is 0 Å². The minimum absolute atomic E-state index is 0.0789. The van der Waals surface area contributed by atoms with Gasteiger partial charge in [0, 0.05) is 19.3 Å². The summed E-state index contributed by atoms with van der Waals surface area (Å²) in [4.78, 5) is 37.7. The van der Waals surface area contributed by atoms with E-state index in [2.05, 4.69) is 69.4 Å². The monoisotopic (exact) mass is 799 g/mol. The van der Waals surface area contributed by atoms with E-state index in [1.165, 1.54) is 103 Å². The molecule has 330 valence electrons. The zero-order valence-corrected chi connectivity index (χ0v) is 37.6. The zero-order valence-electron chi connectivity index (χ0n) is 37.6. The Morgan fingerprint density at radius 2 is 0.684 bits per heavy atom.